The molecule has 0 aliphatic carbocycles. The fourth-order valence-electron chi connectivity index (χ4n) is 0.804. The number of hydrogen-bond acceptors (Lipinski definition) is 3. The number of hydrogen-bond donors (Lipinski definition) is 1. The maximum Gasteiger partial charge on any atom is 0.230 e. The van der Waals surface area contributed by atoms with Crippen molar-refractivity contribution >= 4 is 11.6 Å². The van der Waals surface area contributed by atoms with Gasteiger partial charge in [0, 0.05) is 10.5 Å². The minimum absolute atomic E-state index is 0.00657. The van der Waals surface area contributed by atoms with E-state index in [0.717, 1.165) is 0 Å². The normalized spacial score (nSPS) is 9.75. The summed E-state index contributed by atoms with van der Waals surface area (Å²) in [5.41, 5.74) is 0.402. The quantitative estimate of drug-likeness (QED) is 0.568. The minimum Gasteiger partial charge on any atom is -0.508 e. The smallest absolute Gasteiger partial charge is 0.230 e. The van der Waals surface area contributed by atoms with Crippen LogP contribution >= 0.6 is 11.6 Å². The molecule has 1 rings (SSSR count). The lowest BCUT2D eigenvalue weighted by atomic mass is 10.2. The predicted octanol–water partition coefficient (Wildman–Crippen LogP) is 1.82. The molecule has 0 aliphatic heterocycles. The summed E-state index contributed by atoms with van der Waals surface area (Å²) in [5.74, 6) is 0.00657. The van der Waals surface area contributed by atoms with Crippen molar-refractivity contribution in [1.82, 2.24) is 0 Å². The lowest BCUT2D eigenvalue weighted by Crippen LogP contribution is -1.98. The van der Waals surface area contributed by atoms with E-state index in [2.05, 4.69) is 0 Å². The van der Waals surface area contributed by atoms with Gasteiger partial charge in [-0.05, 0) is 18.2 Å². The van der Waals surface area contributed by atoms with E-state index in [1.54, 1.807) is 0 Å². The van der Waals surface area contributed by atoms with Crippen LogP contribution in [0.1, 0.15) is 5.56 Å². The fourth-order valence-corrected chi connectivity index (χ4v) is 1.04. The minimum atomic E-state index is -0.474. The van der Waals surface area contributed by atoms with Gasteiger partial charge in [-0.25, -0.2) is 0 Å². The molecular weight excluding hydrogens is 182 g/mol. The number of nitro groups is 1. The second-order valence-electron chi connectivity index (χ2n) is 2.27. The molecule has 0 radical (unpaired) electrons. The molecule has 0 saturated heterocycles. The van der Waals surface area contributed by atoms with Gasteiger partial charge in [0.2, 0.25) is 6.54 Å². The average molecular weight is 188 g/mol. The van der Waals surface area contributed by atoms with Crippen molar-refractivity contribution < 1.29 is 10.0 Å². The second-order valence-corrected chi connectivity index (χ2v) is 2.67. The summed E-state index contributed by atoms with van der Waals surface area (Å²) in [6, 6.07) is 4.07. The van der Waals surface area contributed by atoms with Crippen LogP contribution in [0.3, 0.4) is 0 Å². The monoisotopic (exact) mass is 187 g/mol. The third-order valence-corrected chi connectivity index (χ3v) is 1.69. The summed E-state index contributed by atoms with van der Waals surface area (Å²) in [5, 5.41) is 19.2. The van der Waals surface area contributed by atoms with Gasteiger partial charge in [0.05, 0.1) is 5.02 Å². The first-order valence-corrected chi connectivity index (χ1v) is 3.56. The summed E-state index contributed by atoms with van der Waals surface area (Å²) in [7, 11) is 0. The molecule has 64 valence electrons. The Labute approximate surface area is 73.5 Å². The summed E-state index contributed by atoms with van der Waals surface area (Å²) in [6.07, 6.45) is 0. The van der Waals surface area contributed by atoms with E-state index in [-0.39, 0.29) is 17.3 Å². The van der Waals surface area contributed by atoms with Crippen molar-refractivity contribution in [2.24, 2.45) is 0 Å². The number of benzene rings is 1. The van der Waals surface area contributed by atoms with Gasteiger partial charge in [-0.15, -0.1) is 0 Å². The van der Waals surface area contributed by atoms with Gasteiger partial charge in [-0.1, -0.05) is 11.6 Å². The Kier molecular flexibility index (Phi) is 2.50. The highest BCUT2D eigenvalue weighted by molar-refractivity contribution is 6.31. The summed E-state index contributed by atoms with van der Waals surface area (Å²) >= 11 is 5.61. The molecule has 0 amide bonds. The van der Waals surface area contributed by atoms with E-state index >= 15 is 0 Å². The second kappa shape index (κ2) is 3.40. The Hall–Kier alpha value is -1.29. The van der Waals surface area contributed by atoms with Crippen molar-refractivity contribution in [2.45, 2.75) is 6.54 Å². The zero-order valence-electron chi connectivity index (χ0n) is 6.03. The highest BCUT2D eigenvalue weighted by Gasteiger charge is 2.06. The van der Waals surface area contributed by atoms with E-state index in [1.807, 2.05) is 0 Å². The van der Waals surface area contributed by atoms with Crippen LogP contribution in [0, 0.1) is 10.1 Å². The van der Waals surface area contributed by atoms with E-state index in [9.17, 15) is 10.1 Å². The highest BCUT2D eigenvalue weighted by atomic mass is 35.5. The van der Waals surface area contributed by atoms with Crippen LogP contribution in [-0.4, -0.2) is 10.0 Å². The zero-order valence-corrected chi connectivity index (χ0v) is 6.78. The van der Waals surface area contributed by atoms with Crippen molar-refractivity contribution in [3.05, 3.63) is 38.9 Å². The molecule has 5 heteroatoms. The molecule has 0 aliphatic rings. The fraction of sp³-hybridized carbons (Fsp3) is 0.143. The molecule has 0 bridgehead atoms. The molecule has 0 unspecified atom stereocenters. The molecular formula is C7H6ClNO3. The van der Waals surface area contributed by atoms with Crippen LogP contribution in [0.2, 0.25) is 5.02 Å². The molecule has 1 aromatic rings. The molecule has 1 N–H and O–H groups in total. The molecule has 0 atom stereocenters. The van der Waals surface area contributed by atoms with Crippen LogP contribution in [0.4, 0.5) is 0 Å². The summed E-state index contributed by atoms with van der Waals surface area (Å²) < 4.78 is 0. The highest BCUT2D eigenvalue weighted by Crippen LogP contribution is 2.21. The standard InChI is InChI=1S/C7H6ClNO3/c8-7-3-6(10)2-1-5(7)4-9(11)12/h1-3,10H,4H2. The molecule has 0 aromatic heterocycles. The SMILES string of the molecule is O=[N+]([O-])Cc1ccc(O)cc1Cl. The maximum atomic E-state index is 10.1. The molecule has 0 spiro atoms. The maximum absolute atomic E-state index is 10.1. The van der Waals surface area contributed by atoms with Gasteiger partial charge in [0.15, 0.2) is 0 Å². The Morgan fingerprint density at radius 1 is 1.58 bits per heavy atom. The number of halogens is 1. The van der Waals surface area contributed by atoms with E-state index in [1.165, 1.54) is 18.2 Å². The van der Waals surface area contributed by atoms with Crippen LogP contribution in [0.15, 0.2) is 18.2 Å². The first kappa shape index (κ1) is 8.80. The number of rotatable bonds is 2. The van der Waals surface area contributed by atoms with Gasteiger partial charge < -0.3 is 5.11 Å². The van der Waals surface area contributed by atoms with Gasteiger partial charge >= 0.3 is 0 Å². The lowest BCUT2D eigenvalue weighted by molar-refractivity contribution is -0.496. The lowest BCUT2D eigenvalue weighted by Gasteiger charge is -1.98. The number of nitrogens with zero attached hydrogens (tertiary/aromatic N) is 1. The molecule has 4 nitrogen and oxygen atoms in total. The molecule has 1 aromatic carbocycles. The number of aromatic hydroxyl groups is 1. The largest absolute Gasteiger partial charge is 0.508 e. The molecule has 0 saturated carbocycles. The van der Waals surface area contributed by atoms with Gasteiger partial charge in [0.25, 0.3) is 0 Å². The van der Waals surface area contributed by atoms with Crippen LogP contribution in [-0.2, 0) is 6.54 Å². The summed E-state index contributed by atoms with van der Waals surface area (Å²) in [4.78, 5) is 9.62. The molecule has 12 heavy (non-hydrogen) atoms. The van der Waals surface area contributed by atoms with Crippen molar-refractivity contribution in [3.8, 4) is 5.75 Å². The topological polar surface area (TPSA) is 63.4 Å². The molecule has 0 heterocycles. The average Bonchev–Trinajstić information content (AvgIpc) is 1.94. The van der Waals surface area contributed by atoms with Crippen LogP contribution in [0.5, 0.6) is 5.75 Å². The van der Waals surface area contributed by atoms with Crippen molar-refractivity contribution in [3.63, 3.8) is 0 Å². The first-order valence-electron chi connectivity index (χ1n) is 3.19. The Bertz CT molecular complexity index is 314. The van der Waals surface area contributed by atoms with Crippen LogP contribution < -0.4 is 0 Å². The first-order chi connectivity index (χ1) is 5.59. The Morgan fingerprint density at radius 3 is 2.75 bits per heavy atom. The van der Waals surface area contributed by atoms with E-state index in [4.69, 9.17) is 16.7 Å². The third-order valence-electron chi connectivity index (χ3n) is 1.34. The predicted molar refractivity (Wildman–Crippen MR) is 43.8 cm³/mol. The van der Waals surface area contributed by atoms with Gasteiger partial charge in [-0.2, -0.15) is 0 Å². The van der Waals surface area contributed by atoms with E-state index < -0.39 is 4.92 Å². The van der Waals surface area contributed by atoms with Crippen molar-refractivity contribution in [1.29, 1.82) is 0 Å². The Balaban J connectivity index is 2.93. The van der Waals surface area contributed by atoms with E-state index in [0.29, 0.717) is 5.56 Å². The van der Waals surface area contributed by atoms with Gasteiger partial charge in [-0.3, -0.25) is 10.1 Å². The molecule has 0 fully saturated rings. The summed E-state index contributed by atoms with van der Waals surface area (Å²) in [6.45, 7) is -0.320. The van der Waals surface area contributed by atoms with Crippen LogP contribution in [0.25, 0.3) is 0 Å². The van der Waals surface area contributed by atoms with Crippen molar-refractivity contribution in [2.75, 3.05) is 0 Å². The number of phenols is 1. The Morgan fingerprint density at radius 2 is 2.25 bits per heavy atom. The zero-order chi connectivity index (χ0) is 9.14. The number of phenolic OH excluding ortho intramolecular Hbond substituents is 1. The third kappa shape index (κ3) is 2.10. The van der Waals surface area contributed by atoms with Gasteiger partial charge in [0.1, 0.15) is 5.75 Å².